The second-order valence-corrected chi connectivity index (χ2v) is 6.84. The van der Waals surface area contributed by atoms with Crippen molar-refractivity contribution in [1.29, 1.82) is 0 Å². The van der Waals surface area contributed by atoms with Gasteiger partial charge in [-0.3, -0.25) is 4.79 Å². The molecule has 100 valence electrons. The van der Waals surface area contributed by atoms with E-state index in [2.05, 4.69) is 5.32 Å². The van der Waals surface area contributed by atoms with E-state index in [9.17, 15) is 4.79 Å². The molecule has 2 rings (SSSR count). The van der Waals surface area contributed by atoms with Crippen LogP contribution in [0.1, 0.15) is 39.9 Å². The lowest BCUT2D eigenvalue weighted by molar-refractivity contribution is 0.0940. The average Bonchev–Trinajstić information content (AvgIpc) is 2.80. The topological polar surface area (TPSA) is 49.3 Å². The van der Waals surface area contributed by atoms with Gasteiger partial charge in [0.2, 0.25) is 0 Å². The van der Waals surface area contributed by atoms with Gasteiger partial charge in [0.05, 0.1) is 4.88 Å². The van der Waals surface area contributed by atoms with Gasteiger partial charge in [-0.05, 0) is 43.6 Å². The van der Waals surface area contributed by atoms with Crippen LogP contribution in [0.5, 0.6) is 0 Å². The number of carbonyl (C=O) groups is 1. The fraction of sp³-hybridized carbons (Fsp3) is 0.615. The minimum Gasteiger partial charge on any atom is -0.396 e. The molecule has 18 heavy (non-hydrogen) atoms. The van der Waals surface area contributed by atoms with Crippen LogP contribution in [0.4, 0.5) is 0 Å². The molecule has 1 amide bonds. The molecule has 2 heterocycles. The van der Waals surface area contributed by atoms with Crippen LogP contribution in [0, 0.1) is 0 Å². The van der Waals surface area contributed by atoms with Crippen molar-refractivity contribution < 1.29 is 9.90 Å². The van der Waals surface area contributed by atoms with Crippen molar-refractivity contribution in [3.63, 3.8) is 0 Å². The van der Waals surface area contributed by atoms with Gasteiger partial charge in [0, 0.05) is 23.3 Å². The summed E-state index contributed by atoms with van der Waals surface area (Å²) in [4.78, 5) is 14.3. The lowest BCUT2D eigenvalue weighted by Gasteiger charge is -2.11. The van der Waals surface area contributed by atoms with Crippen molar-refractivity contribution in [2.45, 2.75) is 38.0 Å². The maximum Gasteiger partial charge on any atom is 0.261 e. The lowest BCUT2D eigenvalue weighted by Crippen LogP contribution is -2.32. The SMILES string of the molecule is CC(CCCO)NC(=O)c1cc2c(s1)CCSC2. The number of nitrogens with one attached hydrogen (secondary N) is 1. The Bertz CT molecular complexity index is 394. The number of thiophene rings is 1. The predicted octanol–water partition coefficient (Wildman–Crippen LogP) is 2.43. The van der Waals surface area contributed by atoms with Crippen LogP contribution in [0.25, 0.3) is 0 Å². The number of fused-ring (bicyclic) bond motifs is 1. The summed E-state index contributed by atoms with van der Waals surface area (Å²) in [6.07, 6.45) is 2.65. The van der Waals surface area contributed by atoms with E-state index in [1.807, 2.05) is 24.8 Å². The van der Waals surface area contributed by atoms with E-state index in [-0.39, 0.29) is 18.6 Å². The van der Waals surface area contributed by atoms with Gasteiger partial charge < -0.3 is 10.4 Å². The van der Waals surface area contributed by atoms with Gasteiger partial charge in [-0.15, -0.1) is 11.3 Å². The lowest BCUT2D eigenvalue weighted by atomic mass is 10.2. The molecule has 5 heteroatoms. The normalized spacial score (nSPS) is 16.1. The first-order valence-electron chi connectivity index (χ1n) is 6.31. The van der Waals surface area contributed by atoms with E-state index in [0.29, 0.717) is 0 Å². The number of aliphatic hydroxyl groups is 1. The van der Waals surface area contributed by atoms with E-state index in [4.69, 9.17) is 5.11 Å². The Hall–Kier alpha value is -0.520. The number of amides is 1. The summed E-state index contributed by atoms with van der Waals surface area (Å²) in [5, 5.41) is 11.8. The van der Waals surface area contributed by atoms with Gasteiger partial charge in [0.1, 0.15) is 0 Å². The van der Waals surface area contributed by atoms with Gasteiger partial charge in [-0.2, -0.15) is 11.8 Å². The van der Waals surface area contributed by atoms with Crippen LogP contribution in [0.2, 0.25) is 0 Å². The van der Waals surface area contributed by atoms with Crippen LogP contribution in [0.3, 0.4) is 0 Å². The van der Waals surface area contributed by atoms with Crippen LogP contribution >= 0.6 is 23.1 Å². The Morgan fingerprint density at radius 1 is 1.61 bits per heavy atom. The highest BCUT2D eigenvalue weighted by Gasteiger charge is 2.18. The van der Waals surface area contributed by atoms with Gasteiger partial charge in [0.25, 0.3) is 5.91 Å². The molecular weight excluding hydrogens is 266 g/mol. The highest BCUT2D eigenvalue weighted by molar-refractivity contribution is 7.98. The Labute approximate surface area is 116 Å². The first-order valence-corrected chi connectivity index (χ1v) is 8.29. The van der Waals surface area contributed by atoms with Crippen molar-refractivity contribution in [1.82, 2.24) is 5.32 Å². The minimum atomic E-state index is 0.0323. The first kappa shape index (κ1) is 13.9. The molecule has 1 aliphatic heterocycles. The van der Waals surface area contributed by atoms with Crippen molar-refractivity contribution in [3.8, 4) is 0 Å². The Morgan fingerprint density at radius 3 is 3.17 bits per heavy atom. The minimum absolute atomic E-state index is 0.0323. The third kappa shape index (κ3) is 3.49. The molecule has 0 saturated carbocycles. The highest BCUT2D eigenvalue weighted by Crippen LogP contribution is 2.31. The zero-order valence-corrected chi connectivity index (χ0v) is 12.2. The fourth-order valence-corrected chi connectivity index (χ4v) is 4.30. The Kier molecular flexibility index (Phi) is 5.09. The van der Waals surface area contributed by atoms with Gasteiger partial charge in [-0.25, -0.2) is 0 Å². The molecule has 0 fully saturated rings. The van der Waals surface area contributed by atoms with Crippen LogP contribution < -0.4 is 5.32 Å². The van der Waals surface area contributed by atoms with Crippen molar-refractivity contribution in [2.24, 2.45) is 0 Å². The fourth-order valence-electron chi connectivity index (χ4n) is 2.02. The first-order chi connectivity index (χ1) is 8.70. The third-order valence-corrected chi connectivity index (χ3v) is 5.27. The number of aryl methyl sites for hydroxylation is 1. The molecule has 0 radical (unpaired) electrons. The summed E-state index contributed by atoms with van der Waals surface area (Å²) in [6, 6.07) is 2.17. The monoisotopic (exact) mass is 285 g/mol. The molecule has 1 aromatic rings. The van der Waals surface area contributed by atoms with Crippen molar-refractivity contribution in [2.75, 3.05) is 12.4 Å². The summed E-state index contributed by atoms with van der Waals surface area (Å²) >= 11 is 3.57. The molecule has 2 N–H and O–H groups in total. The second kappa shape index (κ2) is 6.59. The molecule has 0 saturated heterocycles. The van der Waals surface area contributed by atoms with Gasteiger partial charge in [0.15, 0.2) is 0 Å². The largest absolute Gasteiger partial charge is 0.396 e. The van der Waals surface area contributed by atoms with E-state index in [1.165, 1.54) is 16.2 Å². The maximum absolute atomic E-state index is 12.1. The number of thioether (sulfide) groups is 1. The highest BCUT2D eigenvalue weighted by atomic mass is 32.2. The Balaban J connectivity index is 1.94. The number of carbonyl (C=O) groups excluding carboxylic acids is 1. The predicted molar refractivity (Wildman–Crippen MR) is 77.4 cm³/mol. The van der Waals surface area contributed by atoms with E-state index in [0.717, 1.165) is 29.9 Å². The zero-order chi connectivity index (χ0) is 13.0. The summed E-state index contributed by atoms with van der Waals surface area (Å²) in [7, 11) is 0. The average molecular weight is 285 g/mol. The molecule has 1 aromatic heterocycles. The number of rotatable bonds is 5. The maximum atomic E-state index is 12.1. The quantitative estimate of drug-likeness (QED) is 0.873. The summed E-state index contributed by atoms with van der Waals surface area (Å²) in [5.74, 6) is 2.24. The van der Waals surface area contributed by atoms with Crippen LogP contribution in [-0.2, 0) is 12.2 Å². The van der Waals surface area contributed by atoms with Crippen LogP contribution in [-0.4, -0.2) is 29.4 Å². The second-order valence-electron chi connectivity index (χ2n) is 4.60. The molecule has 1 aliphatic rings. The molecule has 0 spiro atoms. The molecular formula is C13H19NO2S2. The molecule has 3 nitrogen and oxygen atoms in total. The molecule has 0 aromatic carbocycles. The number of hydrogen-bond acceptors (Lipinski definition) is 4. The summed E-state index contributed by atoms with van der Waals surface area (Å²) in [6.45, 7) is 2.17. The van der Waals surface area contributed by atoms with E-state index < -0.39 is 0 Å². The molecule has 0 bridgehead atoms. The number of aliphatic hydroxyl groups excluding tert-OH is 1. The zero-order valence-electron chi connectivity index (χ0n) is 10.6. The van der Waals surface area contributed by atoms with Gasteiger partial charge >= 0.3 is 0 Å². The van der Waals surface area contributed by atoms with Crippen molar-refractivity contribution >= 4 is 29.0 Å². The molecule has 0 aliphatic carbocycles. The Morgan fingerprint density at radius 2 is 2.44 bits per heavy atom. The van der Waals surface area contributed by atoms with Gasteiger partial charge in [-0.1, -0.05) is 0 Å². The molecule has 1 atom stereocenters. The smallest absolute Gasteiger partial charge is 0.261 e. The third-order valence-electron chi connectivity index (χ3n) is 3.02. The summed E-state index contributed by atoms with van der Waals surface area (Å²) < 4.78 is 0. The summed E-state index contributed by atoms with van der Waals surface area (Å²) in [5.41, 5.74) is 1.34. The standard InChI is InChI=1S/C13H19NO2S2/c1-9(3-2-5-15)14-13(16)12-7-10-8-17-6-4-11(10)18-12/h7,9,15H,2-6,8H2,1H3,(H,14,16). The van der Waals surface area contributed by atoms with E-state index in [1.54, 1.807) is 11.3 Å². The number of hydrogen-bond donors (Lipinski definition) is 2. The van der Waals surface area contributed by atoms with Crippen molar-refractivity contribution in [3.05, 3.63) is 21.4 Å². The molecule has 1 unspecified atom stereocenters. The van der Waals surface area contributed by atoms with Crippen LogP contribution in [0.15, 0.2) is 6.07 Å². The van der Waals surface area contributed by atoms with E-state index >= 15 is 0 Å².